The van der Waals surface area contributed by atoms with E-state index in [2.05, 4.69) is 22.2 Å². The molecule has 1 fully saturated rings. The molecular formula is C14H17N3O. The first-order valence-electron chi connectivity index (χ1n) is 6.40. The highest BCUT2D eigenvalue weighted by atomic mass is 16.5. The third-order valence-corrected chi connectivity index (χ3v) is 3.61. The molecule has 2 atom stereocenters. The molecule has 1 saturated heterocycles. The van der Waals surface area contributed by atoms with Gasteiger partial charge in [-0.15, -0.1) is 0 Å². The van der Waals surface area contributed by atoms with E-state index in [4.69, 9.17) is 4.74 Å². The minimum absolute atomic E-state index is 0.339. The first-order valence-corrected chi connectivity index (χ1v) is 6.40. The van der Waals surface area contributed by atoms with E-state index in [1.807, 2.05) is 24.3 Å². The topological polar surface area (TPSA) is 47.0 Å². The van der Waals surface area contributed by atoms with E-state index in [1.54, 1.807) is 6.33 Å². The number of rotatable bonds is 3. The quantitative estimate of drug-likeness (QED) is 0.899. The standard InChI is InChI=1S/C14H17N3O/c1-10-11(6-7-18-10)8-15-14-12-4-2-3-5-13(12)16-9-17-14/h2-5,9-11H,6-8H2,1H3,(H,15,16,17). The summed E-state index contributed by atoms with van der Waals surface area (Å²) in [5.41, 5.74) is 0.978. The molecule has 2 heterocycles. The molecule has 1 N–H and O–H groups in total. The SMILES string of the molecule is CC1OCCC1CNc1ncnc2ccccc12. The van der Waals surface area contributed by atoms with Crippen molar-refractivity contribution < 1.29 is 4.74 Å². The van der Waals surface area contributed by atoms with Crippen molar-refractivity contribution in [2.45, 2.75) is 19.4 Å². The molecule has 1 aromatic heterocycles. The largest absolute Gasteiger partial charge is 0.378 e. The Morgan fingerprint density at radius 3 is 3.06 bits per heavy atom. The molecule has 0 bridgehead atoms. The maximum Gasteiger partial charge on any atom is 0.137 e. The zero-order valence-electron chi connectivity index (χ0n) is 10.5. The summed E-state index contributed by atoms with van der Waals surface area (Å²) in [5.74, 6) is 1.48. The fourth-order valence-corrected chi connectivity index (χ4v) is 2.42. The van der Waals surface area contributed by atoms with Crippen LogP contribution >= 0.6 is 0 Å². The molecule has 0 amide bonds. The van der Waals surface area contributed by atoms with Gasteiger partial charge in [-0.25, -0.2) is 9.97 Å². The van der Waals surface area contributed by atoms with Gasteiger partial charge in [0.2, 0.25) is 0 Å². The van der Waals surface area contributed by atoms with Crippen LogP contribution in [0.4, 0.5) is 5.82 Å². The highest BCUT2D eigenvalue weighted by Crippen LogP contribution is 2.23. The van der Waals surface area contributed by atoms with E-state index in [-0.39, 0.29) is 0 Å². The zero-order chi connectivity index (χ0) is 12.4. The molecular weight excluding hydrogens is 226 g/mol. The van der Waals surface area contributed by atoms with Gasteiger partial charge in [-0.2, -0.15) is 0 Å². The van der Waals surface area contributed by atoms with Crippen molar-refractivity contribution in [3.8, 4) is 0 Å². The summed E-state index contributed by atoms with van der Waals surface area (Å²) >= 11 is 0. The van der Waals surface area contributed by atoms with Crippen molar-refractivity contribution >= 4 is 16.7 Å². The minimum atomic E-state index is 0.339. The second-order valence-electron chi connectivity index (χ2n) is 4.74. The summed E-state index contributed by atoms with van der Waals surface area (Å²) in [6.45, 7) is 3.91. The Labute approximate surface area is 106 Å². The van der Waals surface area contributed by atoms with Gasteiger partial charge in [0.25, 0.3) is 0 Å². The van der Waals surface area contributed by atoms with E-state index in [9.17, 15) is 0 Å². The molecule has 3 rings (SSSR count). The third kappa shape index (κ3) is 2.16. The molecule has 0 spiro atoms. The van der Waals surface area contributed by atoms with E-state index in [0.29, 0.717) is 12.0 Å². The fourth-order valence-electron chi connectivity index (χ4n) is 2.42. The van der Waals surface area contributed by atoms with Gasteiger partial charge in [-0.3, -0.25) is 0 Å². The molecule has 1 aromatic carbocycles. The van der Waals surface area contributed by atoms with Crippen LogP contribution in [0.5, 0.6) is 0 Å². The summed E-state index contributed by atoms with van der Waals surface area (Å²) in [6.07, 6.45) is 3.07. The summed E-state index contributed by atoms with van der Waals surface area (Å²) in [4.78, 5) is 8.59. The lowest BCUT2D eigenvalue weighted by Crippen LogP contribution is -2.21. The highest BCUT2D eigenvalue weighted by molar-refractivity contribution is 5.88. The van der Waals surface area contributed by atoms with Gasteiger partial charge in [0, 0.05) is 24.5 Å². The van der Waals surface area contributed by atoms with Crippen molar-refractivity contribution in [3.63, 3.8) is 0 Å². The van der Waals surface area contributed by atoms with Crippen LogP contribution < -0.4 is 5.32 Å². The van der Waals surface area contributed by atoms with Crippen LogP contribution in [-0.2, 0) is 4.74 Å². The number of hydrogen-bond acceptors (Lipinski definition) is 4. The molecule has 1 aliphatic rings. The average Bonchev–Trinajstić information content (AvgIpc) is 2.82. The van der Waals surface area contributed by atoms with Crippen LogP contribution in [0.3, 0.4) is 0 Å². The Balaban J connectivity index is 1.78. The lowest BCUT2D eigenvalue weighted by Gasteiger charge is -2.15. The van der Waals surface area contributed by atoms with Crippen molar-refractivity contribution in [2.24, 2.45) is 5.92 Å². The number of fused-ring (bicyclic) bond motifs is 1. The Morgan fingerprint density at radius 1 is 1.33 bits per heavy atom. The first kappa shape index (κ1) is 11.4. The van der Waals surface area contributed by atoms with Crippen LogP contribution in [0.2, 0.25) is 0 Å². The number of nitrogens with one attached hydrogen (secondary N) is 1. The summed E-state index contributed by atoms with van der Waals surface area (Å²) < 4.78 is 5.57. The lowest BCUT2D eigenvalue weighted by molar-refractivity contribution is 0.108. The van der Waals surface area contributed by atoms with Gasteiger partial charge in [0.05, 0.1) is 11.6 Å². The zero-order valence-corrected chi connectivity index (χ0v) is 10.5. The van der Waals surface area contributed by atoms with E-state index >= 15 is 0 Å². The molecule has 1 aliphatic heterocycles. The smallest absolute Gasteiger partial charge is 0.137 e. The molecule has 2 unspecified atom stereocenters. The number of hydrogen-bond donors (Lipinski definition) is 1. The summed E-state index contributed by atoms with van der Waals surface area (Å²) in [7, 11) is 0. The Kier molecular flexibility index (Phi) is 3.11. The molecule has 0 saturated carbocycles. The molecule has 94 valence electrons. The van der Waals surface area contributed by atoms with Crippen molar-refractivity contribution in [3.05, 3.63) is 30.6 Å². The molecule has 4 nitrogen and oxygen atoms in total. The summed E-state index contributed by atoms with van der Waals surface area (Å²) in [6, 6.07) is 8.06. The minimum Gasteiger partial charge on any atom is -0.378 e. The molecule has 4 heteroatoms. The van der Waals surface area contributed by atoms with Crippen LogP contribution in [0.15, 0.2) is 30.6 Å². The lowest BCUT2D eigenvalue weighted by atomic mass is 10.0. The number of aromatic nitrogens is 2. The normalized spacial score (nSPS) is 23.4. The predicted molar refractivity (Wildman–Crippen MR) is 71.5 cm³/mol. The monoisotopic (exact) mass is 243 g/mol. The number of para-hydroxylation sites is 1. The predicted octanol–water partition coefficient (Wildman–Crippen LogP) is 2.47. The van der Waals surface area contributed by atoms with Crippen LogP contribution in [-0.4, -0.2) is 29.2 Å². The number of benzene rings is 1. The first-order chi connectivity index (χ1) is 8.84. The Bertz CT molecular complexity index is 538. The van der Waals surface area contributed by atoms with Gasteiger partial charge in [0.1, 0.15) is 12.1 Å². The van der Waals surface area contributed by atoms with Crippen molar-refractivity contribution in [1.29, 1.82) is 0 Å². The Morgan fingerprint density at radius 2 is 2.22 bits per heavy atom. The molecule has 0 aliphatic carbocycles. The maximum absolute atomic E-state index is 5.57. The maximum atomic E-state index is 5.57. The van der Waals surface area contributed by atoms with Gasteiger partial charge < -0.3 is 10.1 Å². The molecule has 2 aromatic rings. The number of anilines is 1. The van der Waals surface area contributed by atoms with Crippen molar-refractivity contribution in [2.75, 3.05) is 18.5 Å². The van der Waals surface area contributed by atoms with Gasteiger partial charge >= 0.3 is 0 Å². The summed E-state index contributed by atoms with van der Waals surface area (Å²) in [5, 5.41) is 4.50. The van der Waals surface area contributed by atoms with Gasteiger partial charge in [0.15, 0.2) is 0 Å². The fraction of sp³-hybridized carbons (Fsp3) is 0.429. The van der Waals surface area contributed by atoms with Gasteiger partial charge in [-0.1, -0.05) is 12.1 Å². The van der Waals surface area contributed by atoms with Crippen LogP contribution in [0, 0.1) is 5.92 Å². The van der Waals surface area contributed by atoms with E-state index in [1.165, 1.54) is 0 Å². The van der Waals surface area contributed by atoms with E-state index in [0.717, 1.165) is 36.3 Å². The number of ether oxygens (including phenoxy) is 1. The molecule has 0 radical (unpaired) electrons. The Hall–Kier alpha value is -1.68. The highest BCUT2D eigenvalue weighted by Gasteiger charge is 2.23. The second-order valence-corrected chi connectivity index (χ2v) is 4.74. The van der Waals surface area contributed by atoms with Crippen LogP contribution in [0.25, 0.3) is 10.9 Å². The average molecular weight is 243 g/mol. The van der Waals surface area contributed by atoms with E-state index < -0.39 is 0 Å². The van der Waals surface area contributed by atoms with Gasteiger partial charge in [-0.05, 0) is 25.5 Å². The third-order valence-electron chi connectivity index (χ3n) is 3.61. The second kappa shape index (κ2) is 4.90. The number of nitrogens with zero attached hydrogens (tertiary/aromatic N) is 2. The molecule has 18 heavy (non-hydrogen) atoms. The van der Waals surface area contributed by atoms with Crippen LogP contribution in [0.1, 0.15) is 13.3 Å². The van der Waals surface area contributed by atoms with Crippen molar-refractivity contribution in [1.82, 2.24) is 9.97 Å².